The highest BCUT2D eigenvalue weighted by molar-refractivity contribution is 5.53. The number of aromatic hydroxyl groups is 1. The fourth-order valence-corrected chi connectivity index (χ4v) is 3.75. The predicted octanol–water partition coefficient (Wildman–Crippen LogP) is 4.58. The fourth-order valence-electron chi connectivity index (χ4n) is 3.75. The molecule has 0 amide bonds. The average molecular weight is 381 g/mol. The van der Waals surface area contributed by atoms with Gasteiger partial charge in [-0.1, -0.05) is 11.2 Å². The summed E-state index contributed by atoms with van der Waals surface area (Å²) >= 11 is 0. The van der Waals surface area contributed by atoms with E-state index in [1.165, 1.54) is 17.7 Å². The summed E-state index contributed by atoms with van der Waals surface area (Å²) in [5.74, 6) is 1.32. The molecule has 4 rings (SSSR count). The van der Waals surface area contributed by atoms with Crippen molar-refractivity contribution in [1.29, 1.82) is 0 Å². The molecule has 1 aromatic heterocycles. The van der Waals surface area contributed by atoms with Gasteiger partial charge in [-0.2, -0.15) is 4.98 Å². The number of aryl methyl sites for hydroxylation is 2. The largest absolute Gasteiger partial charge is 0.508 e. The molecule has 0 spiro atoms. The molecular formula is C22H24FN3O2. The highest BCUT2D eigenvalue weighted by atomic mass is 19.1. The third-order valence-corrected chi connectivity index (χ3v) is 5.49. The van der Waals surface area contributed by atoms with Gasteiger partial charge in [0, 0.05) is 24.2 Å². The summed E-state index contributed by atoms with van der Waals surface area (Å²) in [6, 6.07) is 9.99. The van der Waals surface area contributed by atoms with Gasteiger partial charge < -0.3 is 9.63 Å². The lowest BCUT2D eigenvalue weighted by Gasteiger charge is -2.31. The van der Waals surface area contributed by atoms with Crippen LogP contribution in [0.3, 0.4) is 0 Å². The van der Waals surface area contributed by atoms with Crippen LogP contribution in [0.2, 0.25) is 0 Å². The lowest BCUT2D eigenvalue weighted by molar-refractivity contribution is 0.179. The maximum absolute atomic E-state index is 13.1. The highest BCUT2D eigenvalue weighted by Gasteiger charge is 2.26. The van der Waals surface area contributed by atoms with Gasteiger partial charge >= 0.3 is 0 Å². The van der Waals surface area contributed by atoms with E-state index in [1.54, 1.807) is 12.1 Å². The van der Waals surface area contributed by atoms with Crippen LogP contribution in [0, 0.1) is 19.7 Å². The van der Waals surface area contributed by atoms with Crippen LogP contribution in [0.25, 0.3) is 11.4 Å². The Hall–Kier alpha value is -2.73. The Morgan fingerprint density at radius 3 is 2.71 bits per heavy atom. The number of phenolic OH excluding ortho intramolecular Hbond substituents is 1. The monoisotopic (exact) mass is 381 g/mol. The van der Waals surface area contributed by atoms with Crippen molar-refractivity contribution in [1.82, 2.24) is 15.0 Å². The van der Waals surface area contributed by atoms with Crippen LogP contribution in [0.1, 0.15) is 41.3 Å². The Morgan fingerprint density at radius 2 is 1.93 bits per heavy atom. The van der Waals surface area contributed by atoms with Crippen molar-refractivity contribution >= 4 is 0 Å². The number of aromatic nitrogens is 2. The summed E-state index contributed by atoms with van der Waals surface area (Å²) in [4.78, 5) is 6.86. The summed E-state index contributed by atoms with van der Waals surface area (Å²) in [5.41, 5.74) is 3.96. The molecule has 1 atom stereocenters. The van der Waals surface area contributed by atoms with Crippen LogP contribution in [0.15, 0.2) is 40.9 Å². The second-order valence-corrected chi connectivity index (χ2v) is 7.60. The average Bonchev–Trinajstić information content (AvgIpc) is 3.17. The van der Waals surface area contributed by atoms with Gasteiger partial charge in [0.15, 0.2) is 0 Å². The van der Waals surface area contributed by atoms with Crippen molar-refractivity contribution < 1.29 is 14.0 Å². The maximum Gasteiger partial charge on any atom is 0.231 e. The van der Waals surface area contributed by atoms with Crippen LogP contribution >= 0.6 is 0 Å². The minimum Gasteiger partial charge on any atom is -0.508 e. The molecule has 0 radical (unpaired) electrons. The van der Waals surface area contributed by atoms with E-state index < -0.39 is 0 Å². The van der Waals surface area contributed by atoms with Crippen LogP contribution in [-0.4, -0.2) is 33.2 Å². The standard InChI is InChI=1S/C22H24FN3O2/c1-14-10-18(20(27)11-15(14)2)13-26-9-3-4-17(12-26)22-24-21(25-28-22)16-5-7-19(23)8-6-16/h5-8,10-11,17,27H,3-4,9,12-13H2,1-2H3. The molecule has 2 aromatic carbocycles. The summed E-state index contributed by atoms with van der Waals surface area (Å²) in [6.45, 7) is 6.54. The van der Waals surface area contributed by atoms with Gasteiger partial charge in [-0.25, -0.2) is 4.39 Å². The first-order chi connectivity index (χ1) is 13.5. The lowest BCUT2D eigenvalue weighted by Crippen LogP contribution is -2.34. The topological polar surface area (TPSA) is 62.4 Å². The van der Waals surface area contributed by atoms with E-state index in [4.69, 9.17) is 4.52 Å². The number of halogens is 1. The molecule has 5 nitrogen and oxygen atoms in total. The van der Waals surface area contributed by atoms with E-state index in [0.29, 0.717) is 24.0 Å². The first kappa shape index (κ1) is 18.6. The number of phenols is 1. The predicted molar refractivity (Wildman–Crippen MR) is 105 cm³/mol. The summed E-state index contributed by atoms with van der Waals surface area (Å²) < 4.78 is 18.6. The normalized spacial score (nSPS) is 17.8. The van der Waals surface area contributed by atoms with Crippen LogP contribution in [0.4, 0.5) is 4.39 Å². The second kappa shape index (κ2) is 7.72. The number of piperidine rings is 1. The lowest BCUT2D eigenvalue weighted by atomic mass is 9.97. The Labute approximate surface area is 163 Å². The van der Waals surface area contributed by atoms with Gasteiger partial charge in [0.05, 0.1) is 5.92 Å². The van der Waals surface area contributed by atoms with E-state index in [1.807, 2.05) is 13.0 Å². The van der Waals surface area contributed by atoms with Gasteiger partial charge in [0.1, 0.15) is 11.6 Å². The third-order valence-electron chi connectivity index (χ3n) is 5.49. The number of hydrogen-bond acceptors (Lipinski definition) is 5. The van der Waals surface area contributed by atoms with E-state index in [0.717, 1.165) is 42.6 Å². The Kier molecular flexibility index (Phi) is 5.13. The van der Waals surface area contributed by atoms with Gasteiger partial charge in [-0.15, -0.1) is 0 Å². The molecule has 0 bridgehead atoms. The number of nitrogens with zero attached hydrogens (tertiary/aromatic N) is 3. The quantitative estimate of drug-likeness (QED) is 0.717. The van der Waals surface area contributed by atoms with Crippen LogP contribution < -0.4 is 0 Å². The zero-order valence-corrected chi connectivity index (χ0v) is 16.2. The Morgan fingerprint density at radius 1 is 1.18 bits per heavy atom. The van der Waals surface area contributed by atoms with Crippen molar-refractivity contribution in [2.45, 2.75) is 39.2 Å². The molecule has 0 saturated carbocycles. The minimum atomic E-state index is -0.287. The minimum absolute atomic E-state index is 0.157. The van der Waals surface area contributed by atoms with E-state index in [2.05, 4.69) is 28.0 Å². The first-order valence-corrected chi connectivity index (χ1v) is 9.60. The van der Waals surface area contributed by atoms with Crippen molar-refractivity contribution in [2.24, 2.45) is 0 Å². The van der Waals surface area contributed by atoms with Gasteiger partial charge in [-0.3, -0.25) is 4.90 Å². The van der Waals surface area contributed by atoms with Crippen LogP contribution in [0.5, 0.6) is 5.75 Å². The molecule has 1 N–H and O–H groups in total. The maximum atomic E-state index is 13.1. The SMILES string of the molecule is Cc1cc(O)c(CN2CCCC(c3nc(-c4ccc(F)cc4)no3)C2)cc1C. The third kappa shape index (κ3) is 3.92. The Bertz CT molecular complexity index is 968. The number of benzene rings is 2. The smallest absolute Gasteiger partial charge is 0.231 e. The molecule has 1 aliphatic heterocycles. The molecule has 0 aliphatic carbocycles. The van der Waals surface area contributed by atoms with Crippen molar-refractivity contribution in [3.05, 3.63) is 64.8 Å². The molecule has 146 valence electrons. The van der Waals surface area contributed by atoms with Crippen molar-refractivity contribution in [3.8, 4) is 17.1 Å². The number of likely N-dealkylation sites (tertiary alicyclic amines) is 1. The van der Waals surface area contributed by atoms with Gasteiger partial charge in [-0.05, 0) is 74.7 Å². The van der Waals surface area contributed by atoms with E-state index in [9.17, 15) is 9.50 Å². The molecule has 1 fully saturated rings. The fraction of sp³-hybridized carbons (Fsp3) is 0.364. The van der Waals surface area contributed by atoms with Gasteiger partial charge in [0.25, 0.3) is 0 Å². The number of hydrogen-bond donors (Lipinski definition) is 1. The second-order valence-electron chi connectivity index (χ2n) is 7.60. The van der Waals surface area contributed by atoms with Crippen molar-refractivity contribution in [3.63, 3.8) is 0 Å². The summed E-state index contributed by atoms with van der Waals surface area (Å²) in [5, 5.41) is 14.4. The zero-order valence-electron chi connectivity index (χ0n) is 16.2. The molecule has 6 heteroatoms. The Balaban J connectivity index is 1.47. The first-order valence-electron chi connectivity index (χ1n) is 9.60. The van der Waals surface area contributed by atoms with Crippen molar-refractivity contribution in [2.75, 3.05) is 13.1 Å². The molecule has 2 heterocycles. The molecule has 3 aromatic rings. The zero-order chi connectivity index (χ0) is 19.7. The van der Waals surface area contributed by atoms with Crippen LogP contribution in [-0.2, 0) is 6.54 Å². The van der Waals surface area contributed by atoms with E-state index in [-0.39, 0.29) is 11.7 Å². The highest BCUT2D eigenvalue weighted by Crippen LogP contribution is 2.30. The molecule has 28 heavy (non-hydrogen) atoms. The molecule has 1 saturated heterocycles. The summed E-state index contributed by atoms with van der Waals surface area (Å²) in [7, 11) is 0. The molecule has 1 aliphatic rings. The van der Waals surface area contributed by atoms with Gasteiger partial charge in [0.2, 0.25) is 11.7 Å². The molecule has 1 unspecified atom stereocenters. The summed E-state index contributed by atoms with van der Waals surface area (Å²) in [6.07, 6.45) is 2.02. The van der Waals surface area contributed by atoms with E-state index >= 15 is 0 Å². The molecular weight excluding hydrogens is 357 g/mol. The number of rotatable bonds is 4.